The van der Waals surface area contributed by atoms with Crippen molar-refractivity contribution in [3.63, 3.8) is 0 Å². The molecule has 0 fully saturated rings. The topological polar surface area (TPSA) is 72.5 Å². The van der Waals surface area contributed by atoms with Crippen molar-refractivity contribution in [2.45, 2.75) is 45.3 Å². The number of ether oxygens (including phenoxy) is 1. The molecule has 190 valence electrons. The van der Waals surface area contributed by atoms with E-state index >= 15 is 0 Å². The van der Waals surface area contributed by atoms with Gasteiger partial charge in [-0.3, -0.25) is 14.4 Å². The largest absolute Gasteiger partial charge is 0.497 e. The Balaban J connectivity index is 2.25. The van der Waals surface area contributed by atoms with Gasteiger partial charge in [0.15, 0.2) is 5.78 Å². The number of Topliss-reactive ketones (excluding diaryl/α,β-unsaturated/α-hetero) is 2. The normalized spacial score (nSPS) is 13.3. The lowest BCUT2D eigenvalue weighted by Crippen LogP contribution is -2.39. The summed E-state index contributed by atoms with van der Waals surface area (Å²) in [6, 6.07) is 9.97. The van der Waals surface area contributed by atoms with Crippen LogP contribution in [0.25, 0.3) is 0 Å². The van der Waals surface area contributed by atoms with Crippen molar-refractivity contribution in [2.75, 3.05) is 7.11 Å². The van der Waals surface area contributed by atoms with Gasteiger partial charge in [-0.2, -0.15) is 13.2 Å². The molecule has 35 heavy (non-hydrogen) atoms. The fraction of sp³-hybridized carbons (Fsp3) is 0.400. The molecule has 0 spiro atoms. The molecule has 0 heterocycles. The van der Waals surface area contributed by atoms with Crippen LogP contribution in [0.3, 0.4) is 0 Å². The first-order chi connectivity index (χ1) is 16.3. The first kappa shape index (κ1) is 28.7. The van der Waals surface area contributed by atoms with Crippen molar-refractivity contribution in [2.24, 2.45) is 11.8 Å². The van der Waals surface area contributed by atoms with Crippen LogP contribution in [-0.4, -0.2) is 30.8 Å². The van der Waals surface area contributed by atoms with Gasteiger partial charge in [0.25, 0.3) is 0 Å². The second-order valence-corrected chi connectivity index (χ2v) is 9.22. The summed E-state index contributed by atoms with van der Waals surface area (Å²) >= 11 is 11.9. The number of methoxy groups -OCH3 is 1. The standard InChI is InChI=1S/C25H26Cl2F3NO4/c1-14(2)18(24(34)25(28,29)30)13-21(32)23(16-5-4-6-17(12-16)35-3)31-22(33)10-8-15-7-9-19(26)20(27)11-15/h4-7,9,11-12,14,18,23H,8,10,13H2,1-3H3,(H,31,33)/t18-,23+/m0/s1. The van der Waals surface area contributed by atoms with E-state index in [0.717, 1.165) is 5.56 Å². The number of carbonyl (C=O) groups is 3. The Morgan fingerprint density at radius 2 is 1.71 bits per heavy atom. The predicted octanol–water partition coefficient (Wildman–Crippen LogP) is 6.15. The Bertz CT molecular complexity index is 1070. The number of rotatable bonds is 11. The summed E-state index contributed by atoms with van der Waals surface area (Å²) in [4.78, 5) is 37.8. The maximum atomic E-state index is 13.2. The highest BCUT2D eigenvalue weighted by atomic mass is 35.5. The molecule has 0 unspecified atom stereocenters. The van der Waals surface area contributed by atoms with Gasteiger partial charge in [0.2, 0.25) is 11.7 Å². The highest BCUT2D eigenvalue weighted by Gasteiger charge is 2.45. The van der Waals surface area contributed by atoms with E-state index in [1.54, 1.807) is 36.4 Å². The summed E-state index contributed by atoms with van der Waals surface area (Å²) in [6.45, 7) is 2.88. The third kappa shape index (κ3) is 8.25. The highest BCUT2D eigenvalue weighted by molar-refractivity contribution is 6.42. The molecule has 5 nitrogen and oxygen atoms in total. The van der Waals surface area contributed by atoms with E-state index in [9.17, 15) is 27.6 Å². The van der Waals surface area contributed by atoms with Gasteiger partial charge >= 0.3 is 6.18 Å². The molecule has 0 saturated heterocycles. The number of ketones is 2. The lowest BCUT2D eigenvalue weighted by atomic mass is 9.84. The van der Waals surface area contributed by atoms with Crippen molar-refractivity contribution in [3.8, 4) is 5.75 Å². The molecule has 0 aliphatic heterocycles. The van der Waals surface area contributed by atoms with E-state index in [2.05, 4.69) is 5.32 Å². The number of aryl methyl sites for hydroxylation is 1. The van der Waals surface area contributed by atoms with Crippen LogP contribution in [-0.2, 0) is 20.8 Å². The van der Waals surface area contributed by atoms with Crippen molar-refractivity contribution in [1.29, 1.82) is 0 Å². The first-order valence-corrected chi connectivity index (χ1v) is 11.6. The van der Waals surface area contributed by atoms with Crippen LogP contribution in [0.5, 0.6) is 5.75 Å². The number of carbonyl (C=O) groups excluding carboxylic acids is 3. The van der Waals surface area contributed by atoms with E-state index in [4.69, 9.17) is 27.9 Å². The van der Waals surface area contributed by atoms with Gasteiger partial charge in [-0.15, -0.1) is 0 Å². The Kier molecular flexibility index (Phi) is 10.2. The smallest absolute Gasteiger partial charge is 0.450 e. The molecule has 0 aromatic heterocycles. The zero-order chi connectivity index (χ0) is 26.3. The number of nitrogens with one attached hydrogen (secondary N) is 1. The minimum absolute atomic E-state index is 0.0131. The fourth-order valence-electron chi connectivity index (χ4n) is 3.53. The zero-order valence-corrected chi connectivity index (χ0v) is 20.9. The second-order valence-electron chi connectivity index (χ2n) is 8.41. The zero-order valence-electron chi connectivity index (χ0n) is 19.4. The SMILES string of the molecule is COc1cccc([C@@H](NC(=O)CCc2ccc(Cl)c(Cl)c2)C(=O)C[C@H](C(=O)C(F)(F)F)C(C)C)c1. The molecule has 1 amide bonds. The molecule has 1 N–H and O–H groups in total. The lowest BCUT2D eigenvalue weighted by Gasteiger charge is -2.24. The number of alkyl halides is 3. The van der Waals surface area contributed by atoms with Crippen LogP contribution in [0.2, 0.25) is 10.0 Å². The summed E-state index contributed by atoms with van der Waals surface area (Å²) in [5.41, 5.74) is 1.08. The molecule has 0 aliphatic carbocycles. The van der Waals surface area contributed by atoms with Gasteiger partial charge in [0, 0.05) is 18.8 Å². The van der Waals surface area contributed by atoms with Gasteiger partial charge < -0.3 is 10.1 Å². The molecule has 2 aromatic rings. The average Bonchev–Trinajstić information content (AvgIpc) is 2.80. The summed E-state index contributed by atoms with van der Waals surface area (Å²) < 4.78 is 44.4. The predicted molar refractivity (Wildman–Crippen MR) is 128 cm³/mol. The molecule has 0 saturated carbocycles. The number of hydrogen-bond donors (Lipinski definition) is 1. The minimum Gasteiger partial charge on any atom is -0.497 e. The number of halogens is 5. The lowest BCUT2D eigenvalue weighted by molar-refractivity contribution is -0.177. The third-order valence-electron chi connectivity index (χ3n) is 5.52. The van der Waals surface area contributed by atoms with Crippen LogP contribution in [0.4, 0.5) is 13.2 Å². The van der Waals surface area contributed by atoms with Crippen LogP contribution in [0.15, 0.2) is 42.5 Å². The van der Waals surface area contributed by atoms with Crippen molar-refractivity contribution in [3.05, 3.63) is 63.6 Å². The number of hydrogen-bond acceptors (Lipinski definition) is 4. The summed E-state index contributed by atoms with van der Waals surface area (Å²) in [5, 5.41) is 3.32. The van der Waals surface area contributed by atoms with Crippen LogP contribution >= 0.6 is 23.2 Å². The Hall–Kier alpha value is -2.58. The number of amides is 1. The molecule has 0 radical (unpaired) electrons. The molecule has 10 heteroatoms. The van der Waals surface area contributed by atoms with Crippen molar-refractivity contribution in [1.82, 2.24) is 5.32 Å². The number of benzene rings is 2. The van der Waals surface area contributed by atoms with E-state index in [-0.39, 0.29) is 6.42 Å². The van der Waals surface area contributed by atoms with Gasteiger partial charge in [-0.25, -0.2) is 0 Å². The van der Waals surface area contributed by atoms with Gasteiger partial charge in [0.05, 0.1) is 17.2 Å². The minimum atomic E-state index is -5.07. The van der Waals surface area contributed by atoms with E-state index in [1.165, 1.54) is 27.0 Å². The van der Waals surface area contributed by atoms with Gasteiger partial charge in [0.1, 0.15) is 11.8 Å². The van der Waals surface area contributed by atoms with Crippen LogP contribution < -0.4 is 10.1 Å². The summed E-state index contributed by atoms with van der Waals surface area (Å²) in [5.74, 6) is -5.07. The quantitative estimate of drug-likeness (QED) is 0.377. The fourth-order valence-corrected chi connectivity index (χ4v) is 3.85. The molecule has 0 aliphatic rings. The van der Waals surface area contributed by atoms with Crippen molar-refractivity contribution >= 4 is 40.7 Å². The highest BCUT2D eigenvalue weighted by Crippen LogP contribution is 2.30. The molecular formula is C25H26Cl2F3NO4. The van der Waals surface area contributed by atoms with E-state index < -0.39 is 47.9 Å². The van der Waals surface area contributed by atoms with E-state index in [1.807, 2.05) is 0 Å². The maximum absolute atomic E-state index is 13.2. The Morgan fingerprint density at radius 1 is 1.03 bits per heavy atom. The Morgan fingerprint density at radius 3 is 2.29 bits per heavy atom. The summed E-state index contributed by atoms with van der Waals surface area (Å²) in [7, 11) is 1.42. The Labute approximate surface area is 211 Å². The monoisotopic (exact) mass is 531 g/mol. The second kappa shape index (κ2) is 12.4. The molecule has 2 aromatic carbocycles. The first-order valence-electron chi connectivity index (χ1n) is 10.8. The summed E-state index contributed by atoms with van der Waals surface area (Å²) in [6.07, 6.45) is -5.46. The van der Waals surface area contributed by atoms with Crippen LogP contribution in [0.1, 0.15) is 43.9 Å². The molecule has 2 rings (SSSR count). The van der Waals surface area contributed by atoms with Gasteiger partial charge in [-0.1, -0.05) is 55.2 Å². The molecule has 0 bridgehead atoms. The third-order valence-corrected chi connectivity index (χ3v) is 6.26. The average molecular weight is 532 g/mol. The van der Waals surface area contributed by atoms with Crippen LogP contribution in [0, 0.1) is 11.8 Å². The molecular weight excluding hydrogens is 506 g/mol. The van der Waals surface area contributed by atoms with Crippen molar-refractivity contribution < 1.29 is 32.3 Å². The molecule has 2 atom stereocenters. The van der Waals surface area contributed by atoms with E-state index in [0.29, 0.717) is 27.8 Å². The van der Waals surface area contributed by atoms with Gasteiger partial charge in [-0.05, 0) is 47.7 Å². The maximum Gasteiger partial charge on any atom is 0.450 e.